The summed E-state index contributed by atoms with van der Waals surface area (Å²) in [5.41, 5.74) is 21.8. The fourth-order valence-corrected chi connectivity index (χ4v) is 21.0. The first kappa shape index (κ1) is 71.7. The number of nitriles is 2. The number of rotatable bonds is 14. The van der Waals surface area contributed by atoms with Crippen LogP contribution in [0.5, 0.6) is 0 Å². The average Bonchev–Trinajstić information content (AvgIpc) is 0.710. The Labute approximate surface area is 664 Å². The van der Waals surface area contributed by atoms with E-state index in [2.05, 4.69) is 204 Å². The van der Waals surface area contributed by atoms with Crippen molar-refractivity contribution in [2.75, 3.05) is 0 Å². The second-order valence-corrected chi connectivity index (χ2v) is 33.2. The third-order valence-corrected chi connectivity index (χ3v) is 25.6. The van der Waals surface area contributed by atoms with Crippen LogP contribution in [0, 0.1) is 46.3 Å². The van der Waals surface area contributed by atoms with E-state index in [1.807, 2.05) is 115 Å². The lowest BCUT2D eigenvalue weighted by Gasteiger charge is -2.63. The maximum atomic E-state index is 9.23. The van der Waals surface area contributed by atoms with E-state index in [1.54, 1.807) is 5.56 Å². The number of benzene rings is 12. The first-order chi connectivity index (χ1) is 54.8. The fourth-order valence-electron chi connectivity index (χ4n) is 20.7. The molecule has 8 bridgehead atoms. The van der Waals surface area contributed by atoms with Gasteiger partial charge in [-0.25, -0.2) is 29.9 Å². The summed E-state index contributed by atoms with van der Waals surface area (Å²) in [5, 5.41) is 34.9. The minimum absolute atomic E-state index is 0.225. The van der Waals surface area contributed by atoms with Crippen molar-refractivity contribution in [2.24, 2.45) is 23.7 Å². The van der Waals surface area contributed by atoms with Crippen molar-refractivity contribution >= 4 is 28.5 Å². The first-order valence-electron chi connectivity index (χ1n) is 39.2. The maximum Gasteiger partial charge on any atom is 0.488 e. The summed E-state index contributed by atoms with van der Waals surface area (Å²) in [7, 11) is -1.46. The lowest BCUT2D eigenvalue weighted by molar-refractivity contribution is -0.0282. The van der Waals surface area contributed by atoms with Crippen LogP contribution in [0.15, 0.2) is 320 Å². The van der Waals surface area contributed by atoms with E-state index in [-0.39, 0.29) is 16.2 Å². The van der Waals surface area contributed by atoms with Gasteiger partial charge < -0.3 is 10.0 Å². The zero-order chi connectivity index (χ0) is 75.8. The van der Waals surface area contributed by atoms with Crippen LogP contribution in [0.1, 0.15) is 110 Å². The molecule has 0 amide bonds. The van der Waals surface area contributed by atoms with E-state index in [4.69, 9.17) is 45.2 Å². The van der Waals surface area contributed by atoms with Crippen molar-refractivity contribution in [3.63, 3.8) is 0 Å². The van der Waals surface area contributed by atoms with Gasteiger partial charge in [-0.2, -0.15) is 10.5 Å². The second kappa shape index (κ2) is 30.4. The molecule has 12 aromatic carbocycles. The lowest BCUT2D eigenvalue weighted by Crippen LogP contribution is -2.55. The van der Waals surface area contributed by atoms with Crippen LogP contribution in [-0.4, -0.2) is 47.1 Å². The molecule has 0 saturated heterocycles. The summed E-state index contributed by atoms with van der Waals surface area (Å²) in [6.07, 6.45) is 15.9. The van der Waals surface area contributed by atoms with Crippen molar-refractivity contribution in [3.05, 3.63) is 353 Å². The highest BCUT2D eigenvalue weighted by atomic mass is 79.9. The summed E-state index contributed by atoms with van der Waals surface area (Å²) < 4.78 is 1.17. The molecule has 0 radical (unpaired) electrons. The van der Waals surface area contributed by atoms with Gasteiger partial charge in [0.25, 0.3) is 0 Å². The van der Waals surface area contributed by atoms with Crippen LogP contribution in [0.25, 0.3) is 102 Å². The standard InChI is InChI=1S/C50H40N4.C43H36BrN3.C7H6BNO2/c51-32-34-14-16-37(17-15-34)38-18-22-44(23-19-38)49-28-35-26-36(29-49)31-50(30-35,33-49)45-24-20-39(21-25-45)42-12-7-13-43(27-42)48-53-46(40-8-3-1-4-9-40)52-47(54-48)41-10-5-2-6-11-41;44-38-20-18-37(19-21-38)43-26-29-22-30(27-43)25-42(24-29,28-43)36-16-14-31(15-17-36)34-12-7-13-35(23-34)41-46-39(32-8-3-1-4-9-32)45-40(47-41)33-10-5-2-6-11-33;9-5-6-1-3-7(4-2-6)8(10)11/h1-25,27,35-36H,26,28-31,33H2;1-21,23,29-30H,22,24-28H2;1-4,10-11H. The average molecular weight is 1520 g/mol. The quantitative estimate of drug-likeness (QED) is 0.100. The molecule has 2 heterocycles. The molecule has 8 fully saturated rings. The largest absolute Gasteiger partial charge is 0.488 e. The Morgan fingerprint density at radius 2 is 0.518 bits per heavy atom. The van der Waals surface area contributed by atoms with Gasteiger partial charge in [0.1, 0.15) is 0 Å². The zero-order valence-corrected chi connectivity index (χ0v) is 63.8. The smallest absolute Gasteiger partial charge is 0.423 e. The van der Waals surface area contributed by atoms with Gasteiger partial charge in [0.05, 0.1) is 23.3 Å². The van der Waals surface area contributed by atoms with Gasteiger partial charge in [-0.1, -0.05) is 283 Å². The van der Waals surface area contributed by atoms with Gasteiger partial charge in [0, 0.05) is 37.9 Å². The molecule has 10 nitrogen and oxygen atoms in total. The first-order valence-corrected chi connectivity index (χ1v) is 40.0. The van der Waals surface area contributed by atoms with Crippen LogP contribution in [-0.2, 0) is 21.7 Å². The second-order valence-electron chi connectivity index (χ2n) is 32.3. The van der Waals surface area contributed by atoms with E-state index in [0.29, 0.717) is 57.0 Å². The minimum atomic E-state index is -1.46. The zero-order valence-electron chi connectivity index (χ0n) is 62.2. The van der Waals surface area contributed by atoms with Crippen LogP contribution in [0.3, 0.4) is 0 Å². The summed E-state index contributed by atoms with van der Waals surface area (Å²) in [4.78, 5) is 29.6. The molecule has 0 spiro atoms. The number of halogens is 1. The van der Waals surface area contributed by atoms with Gasteiger partial charge in [0.2, 0.25) is 0 Å². The third kappa shape index (κ3) is 14.6. The number of aromatic nitrogens is 6. The Bertz CT molecular complexity index is 5660. The fraction of sp³-hybridized carbons (Fsp3) is 0.200. The van der Waals surface area contributed by atoms with Gasteiger partial charge in [0.15, 0.2) is 34.9 Å². The normalized spacial score (nSPS) is 21.9. The van der Waals surface area contributed by atoms with Gasteiger partial charge in [-0.3, -0.25) is 0 Å². The van der Waals surface area contributed by atoms with Gasteiger partial charge in [-0.05, 0) is 232 Å². The summed E-state index contributed by atoms with van der Waals surface area (Å²) in [6.45, 7) is 0. The Balaban J connectivity index is 0.000000139. The van der Waals surface area contributed by atoms with Crippen LogP contribution in [0.4, 0.5) is 0 Å². The predicted molar refractivity (Wildman–Crippen MR) is 451 cm³/mol. The Morgan fingerprint density at radius 3 is 0.804 bits per heavy atom. The predicted octanol–water partition coefficient (Wildman–Crippen LogP) is 22.2. The Hall–Kier alpha value is -11.9. The molecule has 22 rings (SSSR count). The highest BCUT2D eigenvalue weighted by Crippen LogP contribution is 2.68. The molecule has 12 heteroatoms. The minimum Gasteiger partial charge on any atom is -0.423 e. The van der Waals surface area contributed by atoms with Crippen LogP contribution >= 0.6 is 15.9 Å². The monoisotopic (exact) mass is 1520 g/mol. The summed E-state index contributed by atoms with van der Waals surface area (Å²) >= 11 is 3.66. The Kier molecular flexibility index (Phi) is 19.5. The van der Waals surface area contributed by atoms with E-state index >= 15 is 0 Å². The molecule has 4 atom stereocenters. The molecule has 544 valence electrons. The van der Waals surface area contributed by atoms with Crippen molar-refractivity contribution in [2.45, 2.75) is 98.7 Å². The van der Waals surface area contributed by atoms with Crippen molar-refractivity contribution in [3.8, 4) is 114 Å². The van der Waals surface area contributed by atoms with Gasteiger partial charge in [-0.15, -0.1) is 0 Å². The summed E-state index contributed by atoms with van der Waals surface area (Å²) in [5.74, 6) is 7.28. The molecule has 8 saturated carbocycles. The molecular weight excluding hydrogens is 1440 g/mol. The maximum absolute atomic E-state index is 9.23. The summed E-state index contributed by atoms with van der Waals surface area (Å²) in [6, 6.07) is 114. The van der Waals surface area contributed by atoms with E-state index in [9.17, 15) is 5.26 Å². The van der Waals surface area contributed by atoms with E-state index in [0.717, 1.165) is 68.2 Å². The molecule has 8 aliphatic carbocycles. The molecule has 0 aliphatic heterocycles. The molecule has 2 N–H and O–H groups in total. The number of hydrogen-bond acceptors (Lipinski definition) is 10. The van der Waals surface area contributed by atoms with Crippen LogP contribution in [0.2, 0.25) is 0 Å². The SMILES string of the molecule is Brc1ccc(C23CC4CC(C2)CC(c2ccc(-c5cccc(-c6nc(-c7ccccc7)nc(-c7ccccc7)n6)c5)cc2)(C4)C3)cc1.N#Cc1ccc(-c2ccc(C34CC5CC(C3)CC(c3ccc(-c6cccc(-c7nc(-c8ccccc8)nc(-c8ccccc8)n7)c6)cc3)(C5)C4)cc2)cc1.N#Cc1ccc(B(O)O)cc1. The lowest BCUT2D eigenvalue weighted by atomic mass is 9.41. The molecule has 8 aliphatic rings. The topological polar surface area (TPSA) is 165 Å². The molecule has 4 unspecified atom stereocenters. The third-order valence-electron chi connectivity index (χ3n) is 25.1. The van der Waals surface area contributed by atoms with E-state index in [1.165, 1.54) is 145 Å². The molecule has 2 aromatic heterocycles. The van der Waals surface area contributed by atoms with Crippen molar-refractivity contribution < 1.29 is 10.0 Å². The highest BCUT2D eigenvalue weighted by molar-refractivity contribution is 9.10. The van der Waals surface area contributed by atoms with Gasteiger partial charge >= 0.3 is 7.12 Å². The Morgan fingerprint density at radius 1 is 0.277 bits per heavy atom. The highest BCUT2D eigenvalue weighted by Gasteiger charge is 2.60. The van der Waals surface area contributed by atoms with Crippen molar-refractivity contribution in [1.29, 1.82) is 10.5 Å². The molecule has 112 heavy (non-hydrogen) atoms. The molecular formula is C100H82BBrN8O2. The number of hydrogen-bond donors (Lipinski definition) is 2. The van der Waals surface area contributed by atoms with Crippen molar-refractivity contribution in [1.82, 2.24) is 29.9 Å². The molecule has 14 aromatic rings. The van der Waals surface area contributed by atoms with E-state index < -0.39 is 7.12 Å². The number of nitrogens with zero attached hydrogens (tertiary/aromatic N) is 8. The van der Waals surface area contributed by atoms with Crippen LogP contribution < -0.4 is 5.46 Å².